The number of carbonyl (C=O) groups is 2. The predicted octanol–water partition coefficient (Wildman–Crippen LogP) is 4.17. The molecule has 0 unspecified atom stereocenters. The highest BCUT2D eigenvalue weighted by molar-refractivity contribution is 6.08. The SMILES string of the molecule is CCOC(=O)[C@]12C/C(=C(\CC)c3ccccc3)[C@](C)(CC1=O)C2. The Morgan fingerprint density at radius 2 is 1.87 bits per heavy atom. The van der Waals surface area contributed by atoms with E-state index in [-0.39, 0.29) is 17.2 Å². The van der Waals surface area contributed by atoms with Gasteiger partial charge in [-0.3, -0.25) is 9.59 Å². The van der Waals surface area contributed by atoms with Gasteiger partial charge in [0.25, 0.3) is 0 Å². The van der Waals surface area contributed by atoms with Crippen LogP contribution in [-0.2, 0) is 14.3 Å². The predicted molar refractivity (Wildman–Crippen MR) is 89.7 cm³/mol. The highest BCUT2D eigenvalue weighted by Gasteiger charge is 2.65. The van der Waals surface area contributed by atoms with Gasteiger partial charge in [-0.25, -0.2) is 0 Å². The van der Waals surface area contributed by atoms with Crippen molar-refractivity contribution in [1.29, 1.82) is 0 Å². The summed E-state index contributed by atoms with van der Waals surface area (Å²) in [6, 6.07) is 10.3. The molecule has 0 amide bonds. The Morgan fingerprint density at radius 3 is 2.48 bits per heavy atom. The third kappa shape index (κ3) is 2.34. The first kappa shape index (κ1) is 16.0. The van der Waals surface area contributed by atoms with Crippen LogP contribution in [-0.4, -0.2) is 18.4 Å². The summed E-state index contributed by atoms with van der Waals surface area (Å²) in [5.74, 6) is -0.266. The maximum atomic E-state index is 12.5. The second-order valence-corrected chi connectivity index (χ2v) is 6.99. The van der Waals surface area contributed by atoms with Crippen LogP contribution in [0.15, 0.2) is 35.9 Å². The Bertz CT molecular complexity index is 673. The summed E-state index contributed by atoms with van der Waals surface area (Å²) in [7, 11) is 0. The van der Waals surface area contributed by atoms with Crippen LogP contribution < -0.4 is 0 Å². The van der Waals surface area contributed by atoms with Gasteiger partial charge in [-0.05, 0) is 42.7 Å². The largest absolute Gasteiger partial charge is 0.465 e. The molecule has 3 rings (SSSR count). The Kier molecular flexibility index (Phi) is 3.91. The van der Waals surface area contributed by atoms with Gasteiger partial charge in [0.2, 0.25) is 0 Å². The first-order chi connectivity index (χ1) is 11.0. The molecule has 0 radical (unpaired) electrons. The Morgan fingerprint density at radius 1 is 1.17 bits per heavy atom. The summed E-state index contributed by atoms with van der Waals surface area (Å²) < 4.78 is 5.25. The first-order valence-corrected chi connectivity index (χ1v) is 8.45. The van der Waals surface area contributed by atoms with E-state index in [2.05, 4.69) is 26.0 Å². The molecule has 2 bridgehead atoms. The van der Waals surface area contributed by atoms with Crippen molar-refractivity contribution in [3.63, 3.8) is 0 Å². The topological polar surface area (TPSA) is 43.4 Å². The second kappa shape index (κ2) is 5.63. The molecule has 122 valence electrons. The average molecular weight is 312 g/mol. The molecule has 3 nitrogen and oxygen atoms in total. The van der Waals surface area contributed by atoms with Crippen LogP contribution in [0.25, 0.3) is 5.57 Å². The molecule has 23 heavy (non-hydrogen) atoms. The highest BCUT2D eigenvalue weighted by Crippen LogP contribution is 2.64. The standard InChI is InChI=1S/C20H24O3/c1-4-15(14-9-7-6-8-10-14)16-11-20(18(22)23-5-2)13-19(16,3)12-17(20)21/h6-10H,4-5,11-13H2,1-3H3/b16-15-/t19-,20+/m1/s1. The molecule has 2 saturated carbocycles. The molecule has 0 aromatic heterocycles. The van der Waals surface area contributed by atoms with Gasteiger partial charge in [0.1, 0.15) is 5.41 Å². The number of allylic oxidation sites excluding steroid dienone is 2. The zero-order valence-corrected chi connectivity index (χ0v) is 14.1. The fraction of sp³-hybridized carbons (Fsp3) is 0.500. The zero-order chi connectivity index (χ0) is 16.7. The van der Waals surface area contributed by atoms with E-state index in [1.165, 1.54) is 16.7 Å². The van der Waals surface area contributed by atoms with Crippen LogP contribution in [0.1, 0.15) is 52.0 Å². The molecule has 0 saturated heterocycles. The number of benzene rings is 1. The lowest BCUT2D eigenvalue weighted by Crippen LogP contribution is -2.36. The summed E-state index contributed by atoms with van der Waals surface area (Å²) in [5, 5.41) is 0. The zero-order valence-electron chi connectivity index (χ0n) is 14.1. The van der Waals surface area contributed by atoms with E-state index >= 15 is 0 Å². The molecule has 0 heterocycles. The van der Waals surface area contributed by atoms with Gasteiger partial charge in [0.05, 0.1) is 6.61 Å². The Hall–Kier alpha value is -1.90. The van der Waals surface area contributed by atoms with Crippen LogP contribution in [0.2, 0.25) is 0 Å². The fourth-order valence-electron chi connectivity index (χ4n) is 4.47. The molecule has 0 N–H and O–H groups in total. The van der Waals surface area contributed by atoms with Crippen molar-refractivity contribution in [2.24, 2.45) is 10.8 Å². The van der Waals surface area contributed by atoms with Gasteiger partial charge in [-0.15, -0.1) is 0 Å². The van der Waals surface area contributed by atoms with Crippen molar-refractivity contribution >= 4 is 17.3 Å². The molecule has 0 aliphatic heterocycles. The van der Waals surface area contributed by atoms with Crippen LogP contribution in [0.4, 0.5) is 0 Å². The third-order valence-corrected chi connectivity index (χ3v) is 5.49. The second-order valence-electron chi connectivity index (χ2n) is 6.99. The number of esters is 1. The Balaban J connectivity index is 2.08. The molecule has 1 aromatic carbocycles. The monoisotopic (exact) mass is 312 g/mol. The number of carbonyl (C=O) groups excluding carboxylic acids is 2. The molecule has 0 spiro atoms. The maximum absolute atomic E-state index is 12.5. The molecule has 2 aliphatic carbocycles. The van der Waals surface area contributed by atoms with E-state index in [0.717, 1.165) is 6.42 Å². The van der Waals surface area contributed by atoms with Crippen molar-refractivity contribution in [1.82, 2.24) is 0 Å². The summed E-state index contributed by atoms with van der Waals surface area (Å²) in [5.41, 5.74) is 2.62. The number of ether oxygens (including phenoxy) is 1. The molecule has 2 aliphatic rings. The first-order valence-electron chi connectivity index (χ1n) is 8.45. The Labute approximate surface area is 137 Å². The number of ketones is 1. The molecule has 3 heteroatoms. The smallest absolute Gasteiger partial charge is 0.319 e. The van der Waals surface area contributed by atoms with Crippen molar-refractivity contribution < 1.29 is 14.3 Å². The quantitative estimate of drug-likeness (QED) is 0.619. The molecule has 2 atom stereocenters. The number of rotatable bonds is 4. The summed E-state index contributed by atoms with van der Waals surface area (Å²) >= 11 is 0. The van der Waals surface area contributed by atoms with E-state index in [9.17, 15) is 9.59 Å². The van der Waals surface area contributed by atoms with Crippen LogP contribution in [0.3, 0.4) is 0 Å². The van der Waals surface area contributed by atoms with Gasteiger partial charge in [0, 0.05) is 6.42 Å². The molecular formula is C20H24O3. The lowest BCUT2D eigenvalue weighted by atomic mass is 9.74. The van der Waals surface area contributed by atoms with Gasteiger partial charge in [-0.2, -0.15) is 0 Å². The highest BCUT2D eigenvalue weighted by atomic mass is 16.5. The number of hydrogen-bond donors (Lipinski definition) is 0. The van der Waals surface area contributed by atoms with Crippen molar-refractivity contribution in [3.8, 4) is 0 Å². The van der Waals surface area contributed by atoms with Crippen LogP contribution in [0, 0.1) is 10.8 Å². The van der Waals surface area contributed by atoms with E-state index in [1.54, 1.807) is 6.92 Å². The van der Waals surface area contributed by atoms with Crippen molar-refractivity contribution in [2.75, 3.05) is 6.61 Å². The van der Waals surface area contributed by atoms with Crippen LogP contribution in [0.5, 0.6) is 0 Å². The molecule has 1 aromatic rings. The minimum Gasteiger partial charge on any atom is -0.465 e. The van der Waals surface area contributed by atoms with Crippen molar-refractivity contribution in [3.05, 3.63) is 41.5 Å². The minimum atomic E-state index is -0.935. The van der Waals surface area contributed by atoms with Crippen molar-refractivity contribution in [2.45, 2.75) is 46.5 Å². The van der Waals surface area contributed by atoms with E-state index in [4.69, 9.17) is 4.74 Å². The van der Waals surface area contributed by atoms with Crippen LogP contribution >= 0.6 is 0 Å². The van der Waals surface area contributed by atoms with E-state index in [1.807, 2.05) is 18.2 Å². The molecule has 2 fully saturated rings. The third-order valence-electron chi connectivity index (χ3n) is 5.49. The number of fused-ring (bicyclic) bond motifs is 2. The molecular weight excluding hydrogens is 288 g/mol. The fourth-order valence-corrected chi connectivity index (χ4v) is 4.47. The van der Waals surface area contributed by atoms with E-state index < -0.39 is 5.41 Å². The lowest BCUT2D eigenvalue weighted by Gasteiger charge is -2.29. The van der Waals surface area contributed by atoms with Gasteiger partial charge < -0.3 is 4.74 Å². The average Bonchev–Trinajstić information content (AvgIpc) is 2.98. The summed E-state index contributed by atoms with van der Waals surface area (Å²) in [4.78, 5) is 25.1. The minimum absolute atomic E-state index is 0.0608. The normalized spacial score (nSPS) is 31.3. The number of Topliss-reactive ketones (excluding diaryl/α,β-unsaturated/α-hetero) is 1. The number of hydrogen-bond acceptors (Lipinski definition) is 3. The summed E-state index contributed by atoms with van der Waals surface area (Å²) in [6.07, 6.45) is 2.49. The van der Waals surface area contributed by atoms with Gasteiger partial charge >= 0.3 is 5.97 Å². The van der Waals surface area contributed by atoms with E-state index in [0.29, 0.717) is 25.9 Å². The maximum Gasteiger partial charge on any atom is 0.319 e. The summed E-state index contributed by atoms with van der Waals surface area (Å²) in [6.45, 7) is 6.39. The lowest BCUT2D eigenvalue weighted by molar-refractivity contribution is -0.158. The van der Waals surface area contributed by atoms with Gasteiger partial charge in [-0.1, -0.05) is 49.8 Å². The van der Waals surface area contributed by atoms with Gasteiger partial charge in [0.15, 0.2) is 5.78 Å².